The molecule has 4 rings (SSSR count). The van der Waals surface area contributed by atoms with Gasteiger partial charge in [-0.25, -0.2) is 13.4 Å². The van der Waals surface area contributed by atoms with Crippen LogP contribution in [0.25, 0.3) is 16.9 Å². The van der Waals surface area contributed by atoms with Crippen LogP contribution in [0.4, 0.5) is 5.82 Å². The first-order valence-corrected chi connectivity index (χ1v) is 10.6. The van der Waals surface area contributed by atoms with Crippen LogP contribution in [0, 0.1) is 0 Å². The number of fused-ring (bicyclic) bond motifs is 1. The molecule has 0 unspecified atom stereocenters. The van der Waals surface area contributed by atoms with Crippen molar-refractivity contribution in [3.63, 3.8) is 0 Å². The molecule has 9 heteroatoms. The van der Waals surface area contributed by atoms with Crippen molar-refractivity contribution in [3.8, 4) is 11.3 Å². The number of rotatable bonds is 4. The number of anilines is 1. The van der Waals surface area contributed by atoms with Gasteiger partial charge in [-0.3, -0.25) is 9.40 Å². The summed E-state index contributed by atoms with van der Waals surface area (Å²) in [7, 11) is -1.95. The van der Waals surface area contributed by atoms with Gasteiger partial charge >= 0.3 is 0 Å². The Balaban J connectivity index is 1.69. The Hall–Kier alpha value is -3.20. The first-order chi connectivity index (χ1) is 13.6. The van der Waals surface area contributed by atoms with Crippen LogP contribution in [0.2, 0.25) is 0 Å². The molecule has 3 heterocycles. The van der Waals surface area contributed by atoms with E-state index in [-0.39, 0.29) is 10.3 Å². The van der Waals surface area contributed by atoms with Crippen LogP contribution < -0.4 is 4.72 Å². The SMILES string of the molecule is Cn1cc(-c2cc3nccc(NS(=O)(=O)c4ccc(C(C)(C)C)cc4)n3n2)cn1. The van der Waals surface area contributed by atoms with Crippen LogP contribution in [-0.2, 0) is 22.5 Å². The van der Waals surface area contributed by atoms with Gasteiger partial charge in [-0.15, -0.1) is 0 Å². The summed E-state index contributed by atoms with van der Waals surface area (Å²) in [6.07, 6.45) is 5.08. The second-order valence-corrected chi connectivity index (χ2v) is 9.59. The average Bonchev–Trinajstić information content (AvgIpc) is 3.27. The van der Waals surface area contributed by atoms with E-state index in [9.17, 15) is 8.42 Å². The fourth-order valence-electron chi connectivity index (χ4n) is 3.00. The van der Waals surface area contributed by atoms with Crippen LogP contribution >= 0.6 is 0 Å². The number of nitrogens with one attached hydrogen (secondary N) is 1. The summed E-state index contributed by atoms with van der Waals surface area (Å²) in [6, 6.07) is 10.3. The Morgan fingerprint density at radius 2 is 1.79 bits per heavy atom. The van der Waals surface area contributed by atoms with E-state index in [1.54, 1.807) is 41.3 Å². The molecular formula is C20H22N6O2S. The molecule has 0 aliphatic carbocycles. The summed E-state index contributed by atoms with van der Waals surface area (Å²) >= 11 is 0. The fraction of sp³-hybridized carbons (Fsp3) is 0.250. The lowest BCUT2D eigenvalue weighted by atomic mass is 9.87. The number of aryl methyl sites for hydroxylation is 1. The van der Waals surface area contributed by atoms with E-state index in [1.165, 1.54) is 4.52 Å². The predicted octanol–water partition coefficient (Wildman–Crippen LogP) is 3.23. The topological polar surface area (TPSA) is 94.2 Å². The summed E-state index contributed by atoms with van der Waals surface area (Å²) in [5.41, 5.74) is 3.03. The van der Waals surface area contributed by atoms with Gasteiger partial charge in [0.2, 0.25) is 0 Å². The molecule has 0 atom stereocenters. The highest BCUT2D eigenvalue weighted by Crippen LogP contribution is 2.25. The molecule has 0 bridgehead atoms. The monoisotopic (exact) mass is 410 g/mol. The largest absolute Gasteiger partial charge is 0.275 e. The first kappa shape index (κ1) is 19.1. The molecule has 1 N–H and O–H groups in total. The van der Waals surface area contributed by atoms with Crippen LogP contribution in [0.5, 0.6) is 0 Å². The Bertz CT molecular complexity index is 1280. The second-order valence-electron chi connectivity index (χ2n) is 7.91. The van der Waals surface area contributed by atoms with E-state index >= 15 is 0 Å². The van der Waals surface area contributed by atoms with Crippen molar-refractivity contribution in [1.82, 2.24) is 24.4 Å². The van der Waals surface area contributed by atoms with E-state index in [2.05, 4.69) is 40.7 Å². The predicted molar refractivity (Wildman–Crippen MR) is 111 cm³/mol. The minimum atomic E-state index is -3.77. The molecule has 150 valence electrons. The smallest absolute Gasteiger partial charge is 0.263 e. The van der Waals surface area contributed by atoms with Gasteiger partial charge in [-0.1, -0.05) is 32.9 Å². The number of benzene rings is 1. The standard InChI is InChI=1S/C20H22N6O2S/c1-20(2,3)15-5-7-16(8-6-15)29(27,28)24-18-9-10-21-19-11-17(23-26(18)19)14-12-22-25(4)13-14/h5-13,24H,1-4H3. The summed E-state index contributed by atoms with van der Waals surface area (Å²) < 4.78 is 31.6. The van der Waals surface area contributed by atoms with Gasteiger partial charge in [0.15, 0.2) is 5.65 Å². The summed E-state index contributed by atoms with van der Waals surface area (Å²) in [5, 5.41) is 8.64. The summed E-state index contributed by atoms with van der Waals surface area (Å²) in [4.78, 5) is 4.46. The molecule has 29 heavy (non-hydrogen) atoms. The van der Waals surface area contributed by atoms with E-state index in [0.29, 0.717) is 17.2 Å². The average molecular weight is 411 g/mol. The molecule has 0 fully saturated rings. The number of aromatic nitrogens is 5. The van der Waals surface area contributed by atoms with Gasteiger partial charge in [0.05, 0.1) is 16.8 Å². The van der Waals surface area contributed by atoms with Crippen molar-refractivity contribution in [1.29, 1.82) is 0 Å². The van der Waals surface area contributed by atoms with Gasteiger partial charge in [0, 0.05) is 31.1 Å². The van der Waals surface area contributed by atoms with Gasteiger partial charge in [0.1, 0.15) is 5.82 Å². The molecule has 0 aliphatic heterocycles. The lowest BCUT2D eigenvalue weighted by Gasteiger charge is -2.19. The van der Waals surface area contributed by atoms with E-state index in [1.807, 2.05) is 25.4 Å². The first-order valence-electron chi connectivity index (χ1n) is 9.11. The van der Waals surface area contributed by atoms with Gasteiger partial charge < -0.3 is 0 Å². The molecule has 4 aromatic rings. The molecular weight excluding hydrogens is 388 g/mol. The van der Waals surface area contributed by atoms with Crippen LogP contribution in [0.1, 0.15) is 26.3 Å². The van der Waals surface area contributed by atoms with Crippen molar-refractivity contribution in [2.45, 2.75) is 31.1 Å². The van der Waals surface area contributed by atoms with Crippen LogP contribution in [0.3, 0.4) is 0 Å². The molecule has 0 aliphatic rings. The number of sulfonamides is 1. The number of hydrogen-bond donors (Lipinski definition) is 1. The van der Waals surface area contributed by atoms with Gasteiger partial charge in [0.25, 0.3) is 10.0 Å². The third-order valence-electron chi connectivity index (χ3n) is 4.63. The second kappa shape index (κ2) is 6.70. The quantitative estimate of drug-likeness (QED) is 0.557. The molecule has 3 aromatic heterocycles. The van der Waals surface area contributed by atoms with E-state index in [0.717, 1.165) is 11.1 Å². The van der Waals surface area contributed by atoms with Crippen LogP contribution in [-0.4, -0.2) is 32.8 Å². The highest BCUT2D eigenvalue weighted by Gasteiger charge is 2.19. The van der Waals surface area contributed by atoms with Crippen molar-refractivity contribution in [2.75, 3.05) is 4.72 Å². The molecule has 0 spiro atoms. The maximum atomic E-state index is 12.9. The zero-order chi connectivity index (χ0) is 20.8. The van der Waals surface area contributed by atoms with Crippen LogP contribution in [0.15, 0.2) is 59.9 Å². The number of nitrogens with zero attached hydrogens (tertiary/aromatic N) is 5. The minimum absolute atomic E-state index is 0.0509. The van der Waals surface area contributed by atoms with E-state index < -0.39 is 10.0 Å². The lowest BCUT2D eigenvalue weighted by molar-refractivity contribution is 0.587. The van der Waals surface area contributed by atoms with Crippen molar-refractivity contribution < 1.29 is 8.42 Å². The van der Waals surface area contributed by atoms with Crippen molar-refractivity contribution in [2.24, 2.45) is 7.05 Å². The highest BCUT2D eigenvalue weighted by molar-refractivity contribution is 7.92. The van der Waals surface area contributed by atoms with Crippen molar-refractivity contribution >= 4 is 21.5 Å². The Morgan fingerprint density at radius 1 is 1.07 bits per heavy atom. The molecule has 0 radical (unpaired) electrons. The summed E-state index contributed by atoms with van der Waals surface area (Å²) in [6.45, 7) is 6.25. The maximum Gasteiger partial charge on any atom is 0.263 e. The lowest BCUT2D eigenvalue weighted by Crippen LogP contribution is -2.16. The third kappa shape index (κ3) is 3.73. The molecule has 0 saturated heterocycles. The van der Waals surface area contributed by atoms with Gasteiger partial charge in [-0.2, -0.15) is 14.7 Å². The molecule has 0 amide bonds. The minimum Gasteiger partial charge on any atom is -0.275 e. The normalized spacial score (nSPS) is 12.4. The zero-order valence-electron chi connectivity index (χ0n) is 16.7. The molecule has 0 saturated carbocycles. The Labute approximate surface area is 169 Å². The molecule has 8 nitrogen and oxygen atoms in total. The van der Waals surface area contributed by atoms with E-state index in [4.69, 9.17) is 0 Å². The highest BCUT2D eigenvalue weighted by atomic mass is 32.2. The number of hydrogen-bond acceptors (Lipinski definition) is 5. The Morgan fingerprint density at radius 3 is 2.41 bits per heavy atom. The fourth-order valence-corrected chi connectivity index (χ4v) is 4.04. The van der Waals surface area contributed by atoms with Gasteiger partial charge in [-0.05, 0) is 29.2 Å². The van der Waals surface area contributed by atoms with Crippen molar-refractivity contribution in [3.05, 3.63) is 60.6 Å². The zero-order valence-corrected chi connectivity index (χ0v) is 17.5. The third-order valence-corrected chi connectivity index (χ3v) is 6.00. The summed E-state index contributed by atoms with van der Waals surface area (Å²) in [5.74, 6) is 0.310. The molecule has 1 aromatic carbocycles. The Kier molecular flexibility index (Phi) is 4.42. The maximum absolute atomic E-state index is 12.9.